The Morgan fingerprint density at radius 2 is 1.91 bits per heavy atom. The summed E-state index contributed by atoms with van der Waals surface area (Å²) in [5, 5.41) is 5.48. The highest BCUT2D eigenvalue weighted by molar-refractivity contribution is 7.90. The highest BCUT2D eigenvalue weighted by Gasteiger charge is 2.35. The number of thiazole rings is 1. The molecule has 0 bridgehead atoms. The van der Waals surface area contributed by atoms with E-state index in [0.717, 1.165) is 23.2 Å². The number of sulfone groups is 1. The third kappa shape index (κ3) is 4.15. The molecule has 32 heavy (non-hydrogen) atoms. The number of aromatic nitrogens is 4. The van der Waals surface area contributed by atoms with Crippen LogP contribution in [0.2, 0.25) is 0 Å². The van der Waals surface area contributed by atoms with Gasteiger partial charge in [0.05, 0.1) is 21.8 Å². The first-order valence-corrected chi connectivity index (χ1v) is 11.7. The minimum atomic E-state index is -4.69. The molecule has 0 saturated heterocycles. The predicted molar refractivity (Wildman–Crippen MR) is 114 cm³/mol. The third-order valence-corrected chi connectivity index (χ3v) is 6.23. The highest BCUT2D eigenvalue weighted by Crippen LogP contribution is 2.34. The van der Waals surface area contributed by atoms with Gasteiger partial charge in [-0.2, -0.15) is 18.3 Å². The molecule has 0 aliphatic rings. The number of alkyl halides is 3. The van der Waals surface area contributed by atoms with Crippen LogP contribution in [-0.4, -0.2) is 34.4 Å². The molecule has 4 rings (SSSR count). The Balaban J connectivity index is 1.88. The SMILES string of the molecule is C#Cc1cc(-c2cc(C(F)(F)F)nn2-c2ccc(S(C)(=O)=O)cn2)ccc1-c1cscn1. The Hall–Kier alpha value is -3.49. The second-order valence-electron chi connectivity index (χ2n) is 6.73. The normalized spacial score (nSPS) is 12.0. The lowest BCUT2D eigenvalue weighted by atomic mass is 10.0. The van der Waals surface area contributed by atoms with E-state index in [2.05, 4.69) is 21.0 Å². The van der Waals surface area contributed by atoms with Gasteiger partial charge in [-0.15, -0.1) is 17.8 Å². The zero-order valence-corrected chi connectivity index (χ0v) is 18.0. The molecule has 0 unspecified atom stereocenters. The van der Waals surface area contributed by atoms with Gasteiger partial charge in [-0.25, -0.2) is 23.1 Å². The smallest absolute Gasteiger partial charge is 0.245 e. The summed E-state index contributed by atoms with van der Waals surface area (Å²) >= 11 is 1.39. The second-order valence-corrected chi connectivity index (χ2v) is 9.46. The molecule has 3 heterocycles. The number of nitrogens with zero attached hydrogens (tertiary/aromatic N) is 4. The highest BCUT2D eigenvalue weighted by atomic mass is 32.2. The van der Waals surface area contributed by atoms with Crippen molar-refractivity contribution in [3.05, 3.63) is 64.7 Å². The first kappa shape index (κ1) is 21.7. The molecular formula is C21H13F3N4O2S2. The maximum absolute atomic E-state index is 13.4. The molecule has 0 saturated carbocycles. The van der Waals surface area contributed by atoms with E-state index >= 15 is 0 Å². The van der Waals surface area contributed by atoms with Gasteiger partial charge in [0.15, 0.2) is 21.3 Å². The number of terminal acetylenes is 1. The minimum absolute atomic E-state index is 0.0220. The van der Waals surface area contributed by atoms with E-state index in [1.165, 1.54) is 23.5 Å². The van der Waals surface area contributed by atoms with E-state index in [9.17, 15) is 21.6 Å². The largest absolute Gasteiger partial charge is 0.435 e. The molecular weight excluding hydrogens is 461 g/mol. The zero-order chi connectivity index (χ0) is 23.1. The number of hydrogen-bond acceptors (Lipinski definition) is 6. The number of benzene rings is 1. The van der Waals surface area contributed by atoms with Crippen LogP contribution in [0.25, 0.3) is 28.3 Å². The van der Waals surface area contributed by atoms with Crippen LogP contribution in [0.1, 0.15) is 11.3 Å². The van der Waals surface area contributed by atoms with Crippen molar-refractivity contribution < 1.29 is 21.6 Å². The van der Waals surface area contributed by atoms with E-state index in [4.69, 9.17) is 6.42 Å². The molecule has 4 aromatic rings. The molecule has 0 atom stereocenters. The Labute approximate surface area is 185 Å². The lowest BCUT2D eigenvalue weighted by molar-refractivity contribution is -0.141. The summed E-state index contributed by atoms with van der Waals surface area (Å²) < 4.78 is 64.6. The predicted octanol–water partition coefficient (Wildman–Crippen LogP) is 4.46. The first-order valence-electron chi connectivity index (χ1n) is 8.91. The fraction of sp³-hybridized carbons (Fsp3) is 0.0952. The molecule has 0 radical (unpaired) electrons. The third-order valence-electron chi connectivity index (χ3n) is 4.54. The Bertz CT molecular complexity index is 1430. The van der Waals surface area contributed by atoms with E-state index < -0.39 is 21.7 Å². The standard InChI is InChI=1S/C21H13F3N4O2S2/c1-3-13-8-14(4-6-16(13)17-11-31-12-26-17)18-9-19(21(22,23)24)27-28(18)20-7-5-15(10-25-20)32(2,29)30/h1,4-12H,2H3. The van der Waals surface area contributed by atoms with Crippen molar-refractivity contribution in [2.45, 2.75) is 11.1 Å². The van der Waals surface area contributed by atoms with E-state index in [-0.39, 0.29) is 16.4 Å². The fourth-order valence-corrected chi connectivity index (χ4v) is 4.12. The van der Waals surface area contributed by atoms with Crippen molar-refractivity contribution in [2.24, 2.45) is 0 Å². The molecule has 0 aliphatic carbocycles. The molecule has 3 aromatic heterocycles. The lowest BCUT2D eigenvalue weighted by Crippen LogP contribution is -2.08. The van der Waals surface area contributed by atoms with Crippen molar-refractivity contribution in [2.75, 3.05) is 6.26 Å². The quantitative estimate of drug-likeness (QED) is 0.408. The average Bonchev–Trinajstić information content (AvgIpc) is 3.43. The van der Waals surface area contributed by atoms with Crippen LogP contribution in [0.4, 0.5) is 13.2 Å². The van der Waals surface area contributed by atoms with Gasteiger partial charge < -0.3 is 0 Å². The fourth-order valence-electron chi connectivity index (χ4n) is 3.01. The van der Waals surface area contributed by atoms with Crippen LogP contribution >= 0.6 is 11.3 Å². The molecule has 0 aliphatic heterocycles. The molecule has 11 heteroatoms. The van der Waals surface area contributed by atoms with Crippen LogP contribution in [0.15, 0.2) is 58.4 Å². The minimum Gasteiger partial charge on any atom is -0.245 e. The van der Waals surface area contributed by atoms with Crippen molar-refractivity contribution in [1.29, 1.82) is 0 Å². The first-order chi connectivity index (χ1) is 15.1. The Kier molecular flexibility index (Phi) is 5.36. The Morgan fingerprint density at radius 3 is 2.47 bits per heavy atom. The summed E-state index contributed by atoms with van der Waals surface area (Å²) in [6.07, 6.45) is 3.03. The average molecular weight is 474 g/mol. The monoisotopic (exact) mass is 474 g/mol. The zero-order valence-electron chi connectivity index (χ0n) is 16.3. The van der Waals surface area contributed by atoms with Crippen LogP contribution in [-0.2, 0) is 16.0 Å². The lowest BCUT2D eigenvalue weighted by Gasteiger charge is -2.09. The van der Waals surface area contributed by atoms with Crippen LogP contribution in [0, 0.1) is 12.3 Å². The van der Waals surface area contributed by atoms with Gasteiger partial charge in [0.1, 0.15) is 0 Å². The van der Waals surface area contributed by atoms with Crippen molar-refractivity contribution in [3.8, 4) is 40.7 Å². The molecule has 0 amide bonds. The summed E-state index contributed by atoms with van der Waals surface area (Å²) in [4.78, 5) is 8.17. The van der Waals surface area contributed by atoms with E-state index in [1.807, 2.05) is 5.38 Å². The van der Waals surface area contributed by atoms with E-state index in [0.29, 0.717) is 22.4 Å². The maximum Gasteiger partial charge on any atom is 0.435 e. The van der Waals surface area contributed by atoms with Gasteiger partial charge in [0, 0.05) is 34.5 Å². The topological polar surface area (TPSA) is 77.7 Å². The molecule has 0 N–H and O–H groups in total. The summed E-state index contributed by atoms with van der Waals surface area (Å²) in [7, 11) is -3.52. The Morgan fingerprint density at radius 1 is 1.12 bits per heavy atom. The second kappa shape index (κ2) is 7.89. The molecule has 1 aromatic carbocycles. The number of hydrogen-bond donors (Lipinski definition) is 0. The summed E-state index contributed by atoms with van der Waals surface area (Å²) in [5.74, 6) is 2.57. The van der Waals surface area contributed by atoms with E-state index in [1.54, 1.807) is 23.7 Å². The van der Waals surface area contributed by atoms with Crippen LogP contribution in [0.5, 0.6) is 0 Å². The van der Waals surface area contributed by atoms with Gasteiger partial charge in [0.25, 0.3) is 0 Å². The number of halogens is 3. The molecule has 0 fully saturated rings. The van der Waals surface area contributed by atoms with Crippen molar-refractivity contribution in [1.82, 2.24) is 19.7 Å². The van der Waals surface area contributed by atoms with Gasteiger partial charge >= 0.3 is 6.18 Å². The molecule has 6 nitrogen and oxygen atoms in total. The molecule has 162 valence electrons. The van der Waals surface area contributed by atoms with Gasteiger partial charge in [-0.05, 0) is 24.3 Å². The van der Waals surface area contributed by atoms with Gasteiger partial charge in [0.2, 0.25) is 0 Å². The van der Waals surface area contributed by atoms with Gasteiger partial charge in [-0.3, -0.25) is 0 Å². The van der Waals surface area contributed by atoms with Crippen LogP contribution in [0.3, 0.4) is 0 Å². The maximum atomic E-state index is 13.4. The molecule has 0 spiro atoms. The summed E-state index contributed by atoms with van der Waals surface area (Å²) in [6, 6.07) is 8.32. The van der Waals surface area contributed by atoms with Gasteiger partial charge in [-0.1, -0.05) is 18.1 Å². The van der Waals surface area contributed by atoms with Crippen molar-refractivity contribution >= 4 is 21.2 Å². The van der Waals surface area contributed by atoms with Crippen molar-refractivity contribution in [3.63, 3.8) is 0 Å². The number of pyridine rings is 1. The van der Waals surface area contributed by atoms with Crippen LogP contribution < -0.4 is 0 Å². The summed E-state index contributed by atoms with van der Waals surface area (Å²) in [6.45, 7) is 0. The number of rotatable bonds is 4. The summed E-state index contributed by atoms with van der Waals surface area (Å²) in [5.41, 5.74) is 2.81.